The lowest BCUT2D eigenvalue weighted by atomic mass is 9.97. The molecular weight excluding hydrogens is 189 g/mol. The predicted octanol–water partition coefficient (Wildman–Crippen LogP) is 1.43. The molecule has 0 radical (unpaired) electrons. The molecule has 1 fully saturated rings. The van der Waals surface area contributed by atoms with Crippen LogP contribution in [0, 0.1) is 5.41 Å². The molecule has 2 rings (SSSR count). The number of hydrogen-bond acceptors (Lipinski definition) is 4. The molecule has 0 spiro atoms. The van der Waals surface area contributed by atoms with Gasteiger partial charge >= 0.3 is 8.53 Å². The number of rotatable bonds is 1. The molecule has 1 aromatic rings. The van der Waals surface area contributed by atoms with E-state index in [1.54, 1.807) is 10.8 Å². The zero-order valence-corrected chi connectivity index (χ0v) is 8.57. The second kappa shape index (κ2) is 3.33. The topological polar surface area (TPSA) is 49.2 Å². The van der Waals surface area contributed by atoms with E-state index in [4.69, 9.17) is 9.05 Å². The van der Waals surface area contributed by atoms with Gasteiger partial charge in [0.25, 0.3) is 0 Å². The van der Waals surface area contributed by atoms with Crippen molar-refractivity contribution in [3.8, 4) is 0 Å². The Bertz CT molecular complexity index is 265. The monoisotopic (exact) mass is 201 g/mol. The Hall–Kier alpha value is -0.510. The van der Waals surface area contributed by atoms with Crippen molar-refractivity contribution in [3.63, 3.8) is 0 Å². The van der Waals surface area contributed by atoms with Gasteiger partial charge in [0.05, 0.1) is 13.2 Å². The third-order valence-corrected chi connectivity index (χ3v) is 2.95. The lowest BCUT2D eigenvalue weighted by Gasteiger charge is -2.32. The molecule has 1 saturated heterocycles. The molecular formula is C7H12N3O2P. The second-order valence-corrected chi connectivity index (χ2v) is 5.17. The van der Waals surface area contributed by atoms with Crippen molar-refractivity contribution >= 4 is 8.53 Å². The number of aromatic nitrogens is 3. The van der Waals surface area contributed by atoms with Crippen molar-refractivity contribution < 1.29 is 9.05 Å². The van der Waals surface area contributed by atoms with Crippen LogP contribution in [0.15, 0.2) is 12.7 Å². The van der Waals surface area contributed by atoms with Crippen LogP contribution in [0.4, 0.5) is 0 Å². The standard InChI is InChI=1S/C7H12N3O2P/c1-7(2)3-11-13(12-4-7)10-6-8-5-9-10/h5-6H,3-4H2,1-2H3. The van der Waals surface area contributed by atoms with Crippen molar-refractivity contribution in [1.82, 2.24) is 14.5 Å². The van der Waals surface area contributed by atoms with Crippen LogP contribution in [-0.4, -0.2) is 27.7 Å². The normalized spacial score (nSPS) is 23.2. The summed E-state index contributed by atoms with van der Waals surface area (Å²) in [4.78, 5) is 3.84. The highest BCUT2D eigenvalue weighted by Crippen LogP contribution is 2.45. The minimum Gasteiger partial charge on any atom is -0.316 e. The molecule has 0 amide bonds. The van der Waals surface area contributed by atoms with E-state index < -0.39 is 8.53 Å². The number of nitrogens with zero attached hydrogens (tertiary/aromatic N) is 3. The molecule has 72 valence electrons. The highest BCUT2D eigenvalue weighted by molar-refractivity contribution is 7.45. The molecule has 0 saturated carbocycles. The molecule has 0 unspecified atom stereocenters. The summed E-state index contributed by atoms with van der Waals surface area (Å²) in [6, 6.07) is 0. The molecule has 0 N–H and O–H groups in total. The molecule has 2 heterocycles. The average Bonchev–Trinajstić information content (AvgIpc) is 2.56. The molecule has 6 heteroatoms. The van der Waals surface area contributed by atoms with Crippen LogP contribution in [0.2, 0.25) is 0 Å². The minimum absolute atomic E-state index is 0.111. The lowest BCUT2D eigenvalue weighted by molar-refractivity contribution is 0.0577. The van der Waals surface area contributed by atoms with Crippen LogP contribution in [-0.2, 0) is 9.05 Å². The van der Waals surface area contributed by atoms with Crippen molar-refractivity contribution in [3.05, 3.63) is 12.7 Å². The minimum atomic E-state index is -1.05. The first-order valence-corrected chi connectivity index (χ1v) is 5.21. The first-order chi connectivity index (χ1) is 6.17. The Morgan fingerprint density at radius 2 is 2.08 bits per heavy atom. The molecule has 13 heavy (non-hydrogen) atoms. The Morgan fingerprint density at radius 3 is 2.62 bits per heavy atom. The van der Waals surface area contributed by atoms with Crippen LogP contribution >= 0.6 is 8.53 Å². The first kappa shape index (κ1) is 9.06. The zero-order valence-electron chi connectivity index (χ0n) is 7.67. The third-order valence-electron chi connectivity index (χ3n) is 1.71. The Morgan fingerprint density at radius 1 is 1.38 bits per heavy atom. The summed E-state index contributed by atoms with van der Waals surface area (Å²) in [6.45, 7) is 5.64. The van der Waals surface area contributed by atoms with Crippen molar-refractivity contribution in [1.29, 1.82) is 0 Å². The maximum absolute atomic E-state index is 5.54. The fourth-order valence-electron chi connectivity index (χ4n) is 0.943. The van der Waals surface area contributed by atoms with E-state index in [1.165, 1.54) is 6.33 Å². The van der Waals surface area contributed by atoms with Gasteiger partial charge in [-0.2, -0.15) is 9.55 Å². The zero-order chi connectivity index (χ0) is 9.31. The SMILES string of the molecule is CC1(C)COP(n2cncn2)OC1. The summed E-state index contributed by atoms with van der Waals surface area (Å²) < 4.78 is 12.7. The fraction of sp³-hybridized carbons (Fsp3) is 0.714. The van der Waals surface area contributed by atoms with Crippen LogP contribution in [0.25, 0.3) is 0 Å². The summed E-state index contributed by atoms with van der Waals surface area (Å²) in [5.41, 5.74) is 0.111. The van der Waals surface area contributed by atoms with E-state index in [-0.39, 0.29) is 5.41 Å². The lowest BCUT2D eigenvalue weighted by Crippen LogP contribution is -2.29. The summed E-state index contributed by atoms with van der Waals surface area (Å²) in [7, 11) is -1.05. The smallest absolute Gasteiger partial charge is 0.313 e. The summed E-state index contributed by atoms with van der Waals surface area (Å²) in [6.07, 6.45) is 3.10. The van der Waals surface area contributed by atoms with Gasteiger partial charge in [-0.25, -0.2) is 4.98 Å². The van der Waals surface area contributed by atoms with Crippen LogP contribution < -0.4 is 0 Å². The Balaban J connectivity index is 1.99. The molecule has 1 aliphatic rings. The molecule has 0 bridgehead atoms. The molecule has 1 aliphatic heterocycles. The van der Waals surface area contributed by atoms with Gasteiger partial charge in [-0.1, -0.05) is 13.8 Å². The van der Waals surface area contributed by atoms with E-state index in [9.17, 15) is 0 Å². The molecule has 5 nitrogen and oxygen atoms in total. The van der Waals surface area contributed by atoms with Gasteiger partial charge in [-0.15, -0.1) is 0 Å². The fourth-order valence-corrected chi connectivity index (χ4v) is 2.45. The molecule has 1 aromatic heterocycles. The quantitative estimate of drug-likeness (QED) is 0.645. The second-order valence-electron chi connectivity index (χ2n) is 3.76. The van der Waals surface area contributed by atoms with Crippen LogP contribution in [0.1, 0.15) is 13.8 Å². The van der Waals surface area contributed by atoms with E-state index in [2.05, 4.69) is 23.9 Å². The first-order valence-electron chi connectivity index (χ1n) is 4.08. The van der Waals surface area contributed by atoms with E-state index in [0.29, 0.717) is 13.2 Å². The van der Waals surface area contributed by atoms with Crippen LogP contribution in [0.5, 0.6) is 0 Å². The highest BCUT2D eigenvalue weighted by Gasteiger charge is 2.30. The van der Waals surface area contributed by atoms with Gasteiger partial charge in [-0.3, -0.25) is 0 Å². The Labute approximate surface area is 78.0 Å². The van der Waals surface area contributed by atoms with Crippen molar-refractivity contribution in [2.75, 3.05) is 13.2 Å². The molecule has 0 atom stereocenters. The van der Waals surface area contributed by atoms with Crippen LogP contribution in [0.3, 0.4) is 0 Å². The predicted molar refractivity (Wildman–Crippen MR) is 48.0 cm³/mol. The van der Waals surface area contributed by atoms with E-state index in [0.717, 1.165) is 0 Å². The molecule has 0 aliphatic carbocycles. The van der Waals surface area contributed by atoms with Gasteiger partial charge in [0.1, 0.15) is 12.7 Å². The van der Waals surface area contributed by atoms with Gasteiger partial charge < -0.3 is 9.05 Å². The summed E-state index contributed by atoms with van der Waals surface area (Å²) in [5, 5.41) is 3.97. The van der Waals surface area contributed by atoms with Gasteiger partial charge in [0.2, 0.25) is 0 Å². The van der Waals surface area contributed by atoms with Gasteiger partial charge in [0, 0.05) is 5.41 Å². The maximum Gasteiger partial charge on any atom is 0.313 e. The number of hydrogen-bond donors (Lipinski definition) is 0. The average molecular weight is 201 g/mol. The molecule has 0 aromatic carbocycles. The maximum atomic E-state index is 5.54. The van der Waals surface area contributed by atoms with Crippen molar-refractivity contribution in [2.24, 2.45) is 5.41 Å². The van der Waals surface area contributed by atoms with Gasteiger partial charge in [0.15, 0.2) is 0 Å². The van der Waals surface area contributed by atoms with Crippen molar-refractivity contribution in [2.45, 2.75) is 13.8 Å². The van der Waals surface area contributed by atoms with Gasteiger partial charge in [-0.05, 0) is 0 Å². The highest BCUT2D eigenvalue weighted by atomic mass is 31.2. The van der Waals surface area contributed by atoms with E-state index >= 15 is 0 Å². The summed E-state index contributed by atoms with van der Waals surface area (Å²) >= 11 is 0. The third kappa shape index (κ3) is 2.05. The Kier molecular flexibility index (Phi) is 2.32. The summed E-state index contributed by atoms with van der Waals surface area (Å²) in [5.74, 6) is 0. The van der Waals surface area contributed by atoms with E-state index in [1.807, 2.05) is 0 Å². The largest absolute Gasteiger partial charge is 0.316 e.